The predicted molar refractivity (Wildman–Crippen MR) is 117 cm³/mol. The summed E-state index contributed by atoms with van der Waals surface area (Å²) in [5, 5.41) is 2.12. The molecule has 5 rings (SSSR count). The Morgan fingerprint density at radius 3 is 2.60 bits per heavy atom. The number of hydrogen-bond acceptors (Lipinski definition) is 6. The highest BCUT2D eigenvalue weighted by molar-refractivity contribution is 7.17. The Hall–Kier alpha value is -2.80. The van der Waals surface area contributed by atoms with E-state index in [9.17, 15) is 0 Å². The molecule has 0 bridgehead atoms. The monoisotopic (exact) mass is 418 g/mol. The third-order valence-corrected chi connectivity index (χ3v) is 6.15. The van der Waals surface area contributed by atoms with Crippen molar-refractivity contribution in [1.29, 1.82) is 0 Å². The Balaban J connectivity index is 1.25. The summed E-state index contributed by atoms with van der Waals surface area (Å²) in [6.45, 7) is 1.21. The molecule has 0 N–H and O–H groups in total. The molecular weight excluding hydrogens is 396 g/mol. The molecule has 0 saturated carbocycles. The van der Waals surface area contributed by atoms with Crippen LogP contribution in [0.1, 0.15) is 30.1 Å². The Morgan fingerprint density at radius 2 is 1.77 bits per heavy atom. The molecule has 2 aromatic heterocycles. The molecule has 0 radical (unpaired) electrons. The molecule has 0 spiro atoms. The van der Waals surface area contributed by atoms with Crippen LogP contribution in [0.15, 0.2) is 72.4 Å². The lowest BCUT2D eigenvalue weighted by atomic mass is 10.1. The maximum Gasteiger partial charge on any atom is 0.240 e. The SMILES string of the molecule is c1ccc(COC[C@@H]2CC[C@H](c3csc4c(Oc5ccccc5)ncnc34)O2)cc1. The van der Waals surface area contributed by atoms with E-state index in [1.807, 2.05) is 48.5 Å². The number of para-hydroxylation sites is 1. The predicted octanol–water partition coefficient (Wildman–Crippen LogP) is 5.92. The van der Waals surface area contributed by atoms with Gasteiger partial charge in [-0.15, -0.1) is 11.3 Å². The average molecular weight is 419 g/mol. The third kappa shape index (κ3) is 4.21. The van der Waals surface area contributed by atoms with Gasteiger partial charge in [0.15, 0.2) is 0 Å². The Bertz CT molecular complexity index is 1100. The molecule has 2 aromatic carbocycles. The molecule has 4 aromatic rings. The minimum atomic E-state index is 0.0311. The summed E-state index contributed by atoms with van der Waals surface area (Å²) in [6.07, 6.45) is 3.64. The highest BCUT2D eigenvalue weighted by Crippen LogP contribution is 2.41. The lowest BCUT2D eigenvalue weighted by molar-refractivity contribution is -0.0200. The van der Waals surface area contributed by atoms with Crippen molar-refractivity contribution in [3.05, 3.63) is 83.5 Å². The molecule has 6 heteroatoms. The van der Waals surface area contributed by atoms with E-state index >= 15 is 0 Å². The molecule has 1 saturated heterocycles. The molecule has 0 unspecified atom stereocenters. The number of thiophene rings is 1. The van der Waals surface area contributed by atoms with Gasteiger partial charge in [0.1, 0.15) is 16.8 Å². The lowest BCUT2D eigenvalue weighted by Crippen LogP contribution is -2.14. The summed E-state index contributed by atoms with van der Waals surface area (Å²) in [5.41, 5.74) is 3.20. The van der Waals surface area contributed by atoms with Gasteiger partial charge in [-0.05, 0) is 35.9 Å². The van der Waals surface area contributed by atoms with E-state index < -0.39 is 0 Å². The van der Waals surface area contributed by atoms with Crippen molar-refractivity contribution in [1.82, 2.24) is 9.97 Å². The van der Waals surface area contributed by atoms with Crippen LogP contribution in [0.2, 0.25) is 0 Å². The smallest absolute Gasteiger partial charge is 0.240 e. The van der Waals surface area contributed by atoms with Gasteiger partial charge in [-0.1, -0.05) is 48.5 Å². The minimum Gasteiger partial charge on any atom is -0.437 e. The largest absolute Gasteiger partial charge is 0.437 e. The molecule has 0 amide bonds. The van der Waals surface area contributed by atoms with Crippen molar-refractivity contribution in [3.63, 3.8) is 0 Å². The molecule has 3 heterocycles. The van der Waals surface area contributed by atoms with E-state index in [-0.39, 0.29) is 12.2 Å². The second-order valence-electron chi connectivity index (χ2n) is 7.29. The summed E-state index contributed by atoms with van der Waals surface area (Å²) in [7, 11) is 0. The fraction of sp³-hybridized carbons (Fsp3) is 0.250. The van der Waals surface area contributed by atoms with Crippen molar-refractivity contribution in [2.24, 2.45) is 0 Å². The topological polar surface area (TPSA) is 53.5 Å². The van der Waals surface area contributed by atoms with E-state index in [1.165, 1.54) is 5.56 Å². The van der Waals surface area contributed by atoms with Crippen molar-refractivity contribution >= 4 is 21.6 Å². The number of benzene rings is 2. The van der Waals surface area contributed by atoms with Crippen LogP contribution in [0.3, 0.4) is 0 Å². The average Bonchev–Trinajstić information content (AvgIpc) is 3.43. The lowest BCUT2D eigenvalue weighted by Gasteiger charge is -2.14. The summed E-state index contributed by atoms with van der Waals surface area (Å²) in [4.78, 5) is 8.87. The molecule has 0 aliphatic carbocycles. The van der Waals surface area contributed by atoms with E-state index in [1.54, 1.807) is 17.7 Å². The first-order valence-electron chi connectivity index (χ1n) is 10.1. The van der Waals surface area contributed by atoms with Gasteiger partial charge in [-0.3, -0.25) is 0 Å². The standard InChI is InChI=1S/C24H22N2O3S/c1-3-7-17(8-4-1)13-27-14-19-11-12-21(28-19)20-15-30-23-22(20)25-16-26-24(23)29-18-9-5-2-6-10-18/h1-10,15-16,19,21H,11-14H2/t19-,21+/m0/s1. The van der Waals surface area contributed by atoms with Gasteiger partial charge in [0.05, 0.1) is 30.9 Å². The van der Waals surface area contributed by atoms with Crippen molar-refractivity contribution < 1.29 is 14.2 Å². The summed E-state index contributed by atoms with van der Waals surface area (Å²) >= 11 is 1.60. The number of hydrogen-bond donors (Lipinski definition) is 0. The van der Waals surface area contributed by atoms with Crippen LogP contribution in [-0.4, -0.2) is 22.7 Å². The Labute approximate surface area is 179 Å². The fourth-order valence-corrected chi connectivity index (χ4v) is 4.67. The van der Waals surface area contributed by atoms with Gasteiger partial charge in [0.2, 0.25) is 5.88 Å². The molecule has 1 fully saturated rings. The quantitative estimate of drug-likeness (QED) is 0.373. The van der Waals surface area contributed by atoms with Gasteiger partial charge >= 0.3 is 0 Å². The van der Waals surface area contributed by atoms with Gasteiger partial charge in [-0.25, -0.2) is 9.97 Å². The third-order valence-electron chi connectivity index (χ3n) is 5.18. The van der Waals surface area contributed by atoms with E-state index in [0.29, 0.717) is 19.1 Å². The second-order valence-corrected chi connectivity index (χ2v) is 8.17. The summed E-state index contributed by atoms with van der Waals surface area (Å²) in [6, 6.07) is 19.9. The van der Waals surface area contributed by atoms with E-state index in [4.69, 9.17) is 14.2 Å². The van der Waals surface area contributed by atoms with Crippen LogP contribution in [0, 0.1) is 0 Å². The van der Waals surface area contributed by atoms with E-state index in [2.05, 4.69) is 27.5 Å². The maximum atomic E-state index is 6.29. The summed E-state index contributed by atoms with van der Waals surface area (Å²) in [5.74, 6) is 1.35. The highest BCUT2D eigenvalue weighted by atomic mass is 32.1. The number of rotatable bonds is 7. The number of ether oxygens (including phenoxy) is 3. The van der Waals surface area contributed by atoms with Gasteiger partial charge in [0, 0.05) is 5.56 Å². The molecule has 152 valence electrons. The molecule has 2 atom stereocenters. The number of fused-ring (bicyclic) bond motifs is 1. The van der Waals surface area contributed by atoms with Crippen LogP contribution in [0.5, 0.6) is 11.6 Å². The van der Waals surface area contributed by atoms with Crippen LogP contribution in [0.4, 0.5) is 0 Å². The zero-order valence-electron chi connectivity index (χ0n) is 16.4. The zero-order valence-corrected chi connectivity index (χ0v) is 17.3. The first kappa shape index (κ1) is 19.2. The molecule has 1 aliphatic heterocycles. The van der Waals surface area contributed by atoms with Crippen LogP contribution >= 0.6 is 11.3 Å². The summed E-state index contributed by atoms with van der Waals surface area (Å²) < 4.78 is 19.1. The van der Waals surface area contributed by atoms with E-state index in [0.717, 1.165) is 34.4 Å². The van der Waals surface area contributed by atoms with Crippen LogP contribution in [0.25, 0.3) is 10.2 Å². The molecule has 5 nitrogen and oxygen atoms in total. The van der Waals surface area contributed by atoms with Crippen molar-refractivity contribution in [2.45, 2.75) is 31.7 Å². The Kier molecular flexibility index (Phi) is 5.70. The number of aromatic nitrogens is 2. The second kappa shape index (κ2) is 8.92. The number of nitrogens with zero attached hydrogens (tertiary/aromatic N) is 2. The first-order chi connectivity index (χ1) is 14.9. The molecule has 1 aliphatic rings. The van der Waals surface area contributed by atoms with Crippen molar-refractivity contribution in [3.8, 4) is 11.6 Å². The Morgan fingerprint density at radius 1 is 0.967 bits per heavy atom. The maximum absolute atomic E-state index is 6.29. The van der Waals surface area contributed by atoms with Crippen LogP contribution < -0.4 is 4.74 Å². The first-order valence-corrected chi connectivity index (χ1v) is 11.0. The van der Waals surface area contributed by atoms with Gasteiger partial charge < -0.3 is 14.2 Å². The normalized spacial score (nSPS) is 18.7. The minimum absolute atomic E-state index is 0.0311. The molecular formula is C24H22N2O3S. The van der Waals surface area contributed by atoms with Crippen molar-refractivity contribution in [2.75, 3.05) is 6.61 Å². The fourth-order valence-electron chi connectivity index (χ4n) is 3.69. The molecule has 30 heavy (non-hydrogen) atoms. The highest BCUT2D eigenvalue weighted by Gasteiger charge is 2.29. The van der Waals surface area contributed by atoms with Gasteiger partial charge in [-0.2, -0.15) is 0 Å². The van der Waals surface area contributed by atoms with Gasteiger partial charge in [0.25, 0.3) is 0 Å². The zero-order chi connectivity index (χ0) is 20.2. The van der Waals surface area contributed by atoms with Crippen LogP contribution in [-0.2, 0) is 16.1 Å².